The van der Waals surface area contributed by atoms with Crippen LogP contribution in [0, 0.1) is 0 Å². The molecular weight excluding hydrogens is 522 g/mol. The number of aromatic nitrogens is 3. The summed E-state index contributed by atoms with van der Waals surface area (Å²) in [5, 5.41) is 8.39. The number of rotatable bonds is 3. The molecule has 0 spiro atoms. The molecule has 200 valence electrons. The van der Waals surface area contributed by atoms with Gasteiger partial charge < -0.3 is 0 Å². The van der Waals surface area contributed by atoms with Gasteiger partial charge in [0.2, 0.25) is 5.95 Å². The second-order valence-corrected chi connectivity index (χ2v) is 11.0. The predicted octanol–water partition coefficient (Wildman–Crippen LogP) is 10.4. The van der Waals surface area contributed by atoms with E-state index in [1.807, 2.05) is 12.1 Å². The van der Waals surface area contributed by atoms with Crippen LogP contribution in [0.15, 0.2) is 152 Å². The Morgan fingerprint density at radius 3 is 1.81 bits per heavy atom. The van der Waals surface area contributed by atoms with Gasteiger partial charge in [-0.1, -0.05) is 133 Å². The van der Waals surface area contributed by atoms with Crippen molar-refractivity contribution in [2.24, 2.45) is 0 Å². The van der Waals surface area contributed by atoms with Crippen LogP contribution in [0.3, 0.4) is 0 Å². The number of para-hydroxylation sites is 1. The van der Waals surface area contributed by atoms with E-state index in [4.69, 9.17) is 9.97 Å². The van der Waals surface area contributed by atoms with Gasteiger partial charge in [-0.3, -0.25) is 4.57 Å². The first-order valence-corrected chi connectivity index (χ1v) is 14.6. The van der Waals surface area contributed by atoms with Crippen LogP contribution in [-0.4, -0.2) is 14.5 Å². The summed E-state index contributed by atoms with van der Waals surface area (Å²) in [7, 11) is 0. The van der Waals surface area contributed by atoms with Crippen molar-refractivity contribution in [3.05, 3.63) is 152 Å². The fourth-order valence-electron chi connectivity index (χ4n) is 6.69. The molecule has 0 amide bonds. The molecule has 0 atom stereocenters. The lowest BCUT2D eigenvalue weighted by Gasteiger charge is -2.13. The van der Waals surface area contributed by atoms with Gasteiger partial charge in [0.15, 0.2) is 0 Å². The number of hydrogen-bond acceptors (Lipinski definition) is 2. The number of hydrogen-bond donors (Lipinski definition) is 0. The van der Waals surface area contributed by atoms with Crippen molar-refractivity contribution >= 4 is 54.3 Å². The molecule has 2 aromatic heterocycles. The Morgan fingerprint density at radius 1 is 0.419 bits per heavy atom. The van der Waals surface area contributed by atoms with E-state index in [0.29, 0.717) is 5.95 Å². The average molecular weight is 548 g/mol. The first-order valence-electron chi connectivity index (χ1n) is 14.6. The number of nitrogens with zero attached hydrogens (tertiary/aromatic N) is 3. The van der Waals surface area contributed by atoms with Gasteiger partial charge in [-0.25, -0.2) is 9.97 Å². The Balaban J connectivity index is 1.50. The highest BCUT2D eigenvalue weighted by Crippen LogP contribution is 2.43. The van der Waals surface area contributed by atoms with Gasteiger partial charge in [-0.15, -0.1) is 0 Å². The molecule has 43 heavy (non-hydrogen) atoms. The standard InChI is InChI=1S/C40H25N3/c1-3-13-26(14-4-1)33-25-36-38(31-20-10-9-19-30(31)33)37-29-18-8-7-15-27(29)23-24-35(37)43(36)40-41-34-22-12-11-21-32(34)39(42-40)28-16-5-2-6-17-28/h1-25H. The molecule has 0 radical (unpaired) electrons. The lowest BCUT2D eigenvalue weighted by Crippen LogP contribution is -2.03. The fraction of sp³-hybridized carbons (Fsp3) is 0. The summed E-state index contributed by atoms with van der Waals surface area (Å²) < 4.78 is 2.27. The lowest BCUT2D eigenvalue weighted by atomic mass is 9.94. The summed E-state index contributed by atoms with van der Waals surface area (Å²) in [5.74, 6) is 0.669. The Bertz CT molecular complexity index is 2490. The fourth-order valence-corrected chi connectivity index (χ4v) is 6.69. The van der Waals surface area contributed by atoms with Crippen molar-refractivity contribution in [2.75, 3.05) is 0 Å². The molecule has 0 unspecified atom stereocenters. The molecule has 7 aromatic carbocycles. The molecule has 9 rings (SSSR count). The summed E-state index contributed by atoms with van der Waals surface area (Å²) in [5.41, 5.74) is 7.50. The maximum Gasteiger partial charge on any atom is 0.235 e. The van der Waals surface area contributed by atoms with E-state index in [9.17, 15) is 0 Å². The summed E-state index contributed by atoms with van der Waals surface area (Å²) in [6.07, 6.45) is 0. The molecule has 3 nitrogen and oxygen atoms in total. The first kappa shape index (κ1) is 23.9. The molecule has 0 aliphatic rings. The van der Waals surface area contributed by atoms with Crippen LogP contribution in [-0.2, 0) is 0 Å². The molecule has 0 N–H and O–H groups in total. The van der Waals surface area contributed by atoms with Crippen LogP contribution in [0.25, 0.3) is 82.6 Å². The minimum Gasteiger partial charge on any atom is -0.278 e. The summed E-state index contributed by atoms with van der Waals surface area (Å²) >= 11 is 0. The van der Waals surface area contributed by atoms with Gasteiger partial charge in [0.1, 0.15) is 0 Å². The molecule has 0 fully saturated rings. The van der Waals surface area contributed by atoms with E-state index in [-0.39, 0.29) is 0 Å². The van der Waals surface area contributed by atoms with Gasteiger partial charge in [-0.05, 0) is 50.9 Å². The molecule has 2 heterocycles. The topological polar surface area (TPSA) is 30.7 Å². The summed E-state index contributed by atoms with van der Waals surface area (Å²) in [4.78, 5) is 10.5. The van der Waals surface area contributed by atoms with E-state index < -0.39 is 0 Å². The molecule has 0 saturated carbocycles. The highest BCUT2D eigenvalue weighted by atomic mass is 15.2. The van der Waals surface area contributed by atoms with Gasteiger partial charge in [0.25, 0.3) is 0 Å². The van der Waals surface area contributed by atoms with Gasteiger partial charge in [0, 0.05) is 21.7 Å². The zero-order valence-electron chi connectivity index (χ0n) is 23.3. The lowest BCUT2D eigenvalue weighted by molar-refractivity contribution is 1.01. The number of fused-ring (bicyclic) bond motifs is 8. The van der Waals surface area contributed by atoms with Crippen LogP contribution in [0.4, 0.5) is 0 Å². The van der Waals surface area contributed by atoms with Crippen molar-refractivity contribution in [1.82, 2.24) is 14.5 Å². The SMILES string of the molecule is c1ccc(-c2nc(-n3c4ccc5ccccc5c4c4c5ccccc5c(-c5ccccc5)cc43)nc3ccccc23)cc1. The average Bonchev–Trinajstić information content (AvgIpc) is 3.43. The van der Waals surface area contributed by atoms with E-state index in [2.05, 4.69) is 144 Å². The predicted molar refractivity (Wildman–Crippen MR) is 180 cm³/mol. The molecule has 0 aliphatic carbocycles. The van der Waals surface area contributed by atoms with Crippen molar-refractivity contribution in [1.29, 1.82) is 0 Å². The quantitative estimate of drug-likeness (QED) is 0.220. The van der Waals surface area contributed by atoms with Gasteiger partial charge >= 0.3 is 0 Å². The van der Waals surface area contributed by atoms with Crippen LogP contribution in [0.5, 0.6) is 0 Å². The third-order valence-corrected chi connectivity index (χ3v) is 8.59. The smallest absolute Gasteiger partial charge is 0.235 e. The van der Waals surface area contributed by atoms with Crippen molar-refractivity contribution in [2.45, 2.75) is 0 Å². The third-order valence-electron chi connectivity index (χ3n) is 8.59. The van der Waals surface area contributed by atoms with Crippen LogP contribution in [0.2, 0.25) is 0 Å². The van der Waals surface area contributed by atoms with E-state index >= 15 is 0 Å². The molecule has 0 saturated heterocycles. The molecule has 0 aliphatic heterocycles. The maximum atomic E-state index is 5.33. The Labute approximate surface area is 248 Å². The monoisotopic (exact) mass is 547 g/mol. The van der Waals surface area contributed by atoms with Crippen LogP contribution >= 0.6 is 0 Å². The van der Waals surface area contributed by atoms with Crippen LogP contribution in [0.1, 0.15) is 0 Å². The van der Waals surface area contributed by atoms with Crippen molar-refractivity contribution in [3.8, 4) is 28.3 Å². The van der Waals surface area contributed by atoms with Gasteiger partial charge in [0.05, 0.1) is 22.2 Å². The van der Waals surface area contributed by atoms with E-state index in [0.717, 1.165) is 33.2 Å². The Hall–Kier alpha value is -5.80. The Kier molecular flexibility index (Phi) is 5.20. The van der Waals surface area contributed by atoms with Gasteiger partial charge in [-0.2, -0.15) is 0 Å². The normalized spacial score (nSPS) is 11.7. The third kappa shape index (κ3) is 3.62. The first-order chi connectivity index (χ1) is 21.3. The minimum atomic E-state index is 0.669. The molecule has 9 aromatic rings. The van der Waals surface area contributed by atoms with Crippen molar-refractivity contribution < 1.29 is 0 Å². The molecule has 0 bridgehead atoms. The molecule has 3 heteroatoms. The second kappa shape index (κ2) is 9.37. The zero-order valence-corrected chi connectivity index (χ0v) is 23.3. The zero-order chi connectivity index (χ0) is 28.3. The summed E-state index contributed by atoms with van der Waals surface area (Å²) in [6.45, 7) is 0. The Morgan fingerprint density at radius 2 is 1.02 bits per heavy atom. The van der Waals surface area contributed by atoms with Crippen molar-refractivity contribution in [3.63, 3.8) is 0 Å². The van der Waals surface area contributed by atoms with Crippen LogP contribution < -0.4 is 0 Å². The molecular formula is C40H25N3. The highest BCUT2D eigenvalue weighted by molar-refractivity contribution is 6.30. The van der Waals surface area contributed by atoms with E-state index in [1.54, 1.807) is 0 Å². The maximum absolute atomic E-state index is 5.33. The minimum absolute atomic E-state index is 0.669. The summed E-state index contributed by atoms with van der Waals surface area (Å²) in [6, 6.07) is 53.6. The number of benzene rings is 7. The highest BCUT2D eigenvalue weighted by Gasteiger charge is 2.22. The largest absolute Gasteiger partial charge is 0.278 e. The van der Waals surface area contributed by atoms with E-state index in [1.165, 1.54) is 43.4 Å². The second-order valence-electron chi connectivity index (χ2n) is 11.0.